The van der Waals surface area contributed by atoms with Crippen LogP contribution in [0.25, 0.3) is 11.1 Å². The molecule has 1 aliphatic carbocycles. The summed E-state index contributed by atoms with van der Waals surface area (Å²) in [6, 6.07) is 11.2. The molecule has 4 rings (SSSR count). The Hall–Kier alpha value is -3.61. The first-order chi connectivity index (χ1) is 18.3. The molecular formula is C31H30F4O3. The zero-order chi connectivity index (χ0) is 27.2. The quantitative estimate of drug-likeness (QED) is 0.0919. The van der Waals surface area contributed by atoms with Crippen molar-refractivity contribution < 1.29 is 31.8 Å². The highest BCUT2D eigenvalue weighted by atomic mass is 19.2. The molecule has 1 saturated carbocycles. The zero-order valence-corrected chi connectivity index (χ0v) is 21.2. The number of unbranched alkanes of at least 4 members (excludes halogenated alkanes) is 1. The van der Waals surface area contributed by atoms with Gasteiger partial charge >= 0.3 is 5.97 Å². The predicted octanol–water partition coefficient (Wildman–Crippen LogP) is 8.77. The largest absolute Gasteiger partial charge is 0.490 e. The normalized spacial score (nSPS) is 17.2. The van der Waals surface area contributed by atoms with E-state index in [0.29, 0.717) is 29.9 Å². The smallest absolute Gasteiger partial charge is 0.346 e. The van der Waals surface area contributed by atoms with Crippen LogP contribution in [0.2, 0.25) is 0 Å². The van der Waals surface area contributed by atoms with Crippen LogP contribution in [-0.2, 0) is 0 Å². The summed E-state index contributed by atoms with van der Waals surface area (Å²) in [5, 5.41) is 0. The maximum atomic E-state index is 15.0. The van der Waals surface area contributed by atoms with Crippen molar-refractivity contribution in [3.63, 3.8) is 0 Å². The molecule has 0 heterocycles. The van der Waals surface area contributed by atoms with Crippen molar-refractivity contribution in [2.75, 3.05) is 6.61 Å². The van der Waals surface area contributed by atoms with E-state index in [4.69, 9.17) is 9.47 Å². The summed E-state index contributed by atoms with van der Waals surface area (Å²) in [5.41, 5.74) is 0.294. The Morgan fingerprint density at radius 3 is 2.29 bits per heavy atom. The number of rotatable bonds is 9. The van der Waals surface area contributed by atoms with Crippen LogP contribution >= 0.6 is 0 Å². The number of esters is 1. The van der Waals surface area contributed by atoms with Crippen LogP contribution in [0.3, 0.4) is 0 Å². The maximum Gasteiger partial charge on any atom is 0.346 e. The third-order valence-corrected chi connectivity index (χ3v) is 7.02. The second kappa shape index (κ2) is 12.3. The highest BCUT2D eigenvalue weighted by Crippen LogP contribution is 2.39. The van der Waals surface area contributed by atoms with Crippen molar-refractivity contribution in [2.45, 2.75) is 51.4 Å². The van der Waals surface area contributed by atoms with Crippen molar-refractivity contribution in [3.8, 4) is 22.6 Å². The Labute approximate surface area is 220 Å². The van der Waals surface area contributed by atoms with Gasteiger partial charge in [-0.1, -0.05) is 50.1 Å². The van der Waals surface area contributed by atoms with Gasteiger partial charge in [0.05, 0.1) is 12.2 Å². The Balaban J connectivity index is 1.44. The molecule has 0 atom stereocenters. The van der Waals surface area contributed by atoms with Gasteiger partial charge in [-0.15, -0.1) is 6.58 Å². The number of hydrogen-bond acceptors (Lipinski definition) is 3. The molecule has 0 unspecified atom stereocenters. The van der Waals surface area contributed by atoms with Gasteiger partial charge in [0, 0.05) is 5.56 Å². The zero-order valence-electron chi connectivity index (χ0n) is 21.2. The topological polar surface area (TPSA) is 35.5 Å². The minimum atomic E-state index is -1.38. The van der Waals surface area contributed by atoms with E-state index in [9.17, 15) is 22.4 Å². The molecule has 0 aromatic heterocycles. The third-order valence-electron chi connectivity index (χ3n) is 7.02. The Morgan fingerprint density at radius 1 is 0.895 bits per heavy atom. The minimum Gasteiger partial charge on any atom is -0.490 e. The van der Waals surface area contributed by atoms with Crippen LogP contribution in [0.4, 0.5) is 17.6 Å². The lowest BCUT2D eigenvalue weighted by molar-refractivity contribution is 0.0728. The van der Waals surface area contributed by atoms with E-state index in [1.807, 2.05) is 0 Å². The SMILES string of the molecule is C=CCCCOc1ccc(C(=O)Oc2ccc(-c3ccc(C4CCC(C)CC4)c(F)c3F)cc2)c(F)c1F. The summed E-state index contributed by atoms with van der Waals surface area (Å²) in [5.74, 6) is -5.15. The van der Waals surface area contributed by atoms with Gasteiger partial charge in [-0.3, -0.25) is 0 Å². The summed E-state index contributed by atoms with van der Waals surface area (Å²) < 4.78 is 69.2. The molecule has 0 aliphatic heterocycles. The van der Waals surface area contributed by atoms with E-state index >= 15 is 0 Å². The van der Waals surface area contributed by atoms with Crippen LogP contribution in [0, 0.1) is 29.2 Å². The van der Waals surface area contributed by atoms with E-state index in [-0.39, 0.29) is 29.6 Å². The summed E-state index contributed by atoms with van der Waals surface area (Å²) in [4.78, 5) is 12.5. The fourth-order valence-corrected chi connectivity index (χ4v) is 4.75. The number of allylic oxidation sites excluding steroid dienone is 1. The van der Waals surface area contributed by atoms with Crippen molar-refractivity contribution in [3.05, 3.63) is 95.6 Å². The first kappa shape index (κ1) is 27.4. The standard InChI is InChI=1S/C31H30F4O3/c1-3-4-5-18-37-26-17-16-25(29(34)30(26)35)31(36)38-22-12-10-21(11-13-22)24-15-14-23(27(32)28(24)33)20-8-6-19(2)7-9-20/h3,10-17,19-20H,1,4-9,18H2,2H3. The van der Waals surface area contributed by atoms with E-state index < -0.39 is 34.8 Å². The van der Waals surface area contributed by atoms with Crippen molar-refractivity contribution in [2.24, 2.45) is 5.92 Å². The average molecular weight is 527 g/mol. The minimum absolute atomic E-state index is 0.0136. The predicted molar refractivity (Wildman–Crippen MR) is 138 cm³/mol. The average Bonchev–Trinajstić information content (AvgIpc) is 2.91. The summed E-state index contributed by atoms with van der Waals surface area (Å²) >= 11 is 0. The molecule has 200 valence electrons. The van der Waals surface area contributed by atoms with Gasteiger partial charge in [-0.2, -0.15) is 4.39 Å². The summed E-state index contributed by atoms with van der Waals surface area (Å²) in [7, 11) is 0. The third kappa shape index (κ3) is 6.09. The number of benzene rings is 3. The Bertz CT molecular complexity index is 1300. The van der Waals surface area contributed by atoms with E-state index in [0.717, 1.165) is 31.7 Å². The van der Waals surface area contributed by atoms with Crippen molar-refractivity contribution in [1.29, 1.82) is 0 Å². The second-order valence-corrected chi connectivity index (χ2v) is 9.72. The molecule has 3 nitrogen and oxygen atoms in total. The van der Waals surface area contributed by atoms with Gasteiger partial charge in [-0.05, 0) is 72.9 Å². The molecule has 0 saturated heterocycles. The summed E-state index contributed by atoms with van der Waals surface area (Å²) in [6.07, 6.45) is 6.62. The van der Waals surface area contributed by atoms with Crippen molar-refractivity contribution in [1.82, 2.24) is 0 Å². The maximum absolute atomic E-state index is 15.0. The molecule has 3 aromatic rings. The molecule has 7 heteroatoms. The molecule has 38 heavy (non-hydrogen) atoms. The number of halogens is 4. The van der Waals surface area contributed by atoms with Crippen LogP contribution in [0.15, 0.2) is 61.2 Å². The lowest BCUT2D eigenvalue weighted by Crippen LogP contribution is -2.13. The van der Waals surface area contributed by atoms with E-state index in [1.54, 1.807) is 18.2 Å². The van der Waals surface area contributed by atoms with Crippen LogP contribution in [0.1, 0.15) is 67.3 Å². The monoisotopic (exact) mass is 526 g/mol. The van der Waals surface area contributed by atoms with Gasteiger partial charge < -0.3 is 9.47 Å². The molecule has 1 aliphatic rings. The van der Waals surface area contributed by atoms with Gasteiger partial charge in [0.1, 0.15) is 5.75 Å². The highest BCUT2D eigenvalue weighted by Gasteiger charge is 2.25. The molecule has 0 radical (unpaired) electrons. The lowest BCUT2D eigenvalue weighted by Gasteiger charge is -2.27. The highest BCUT2D eigenvalue weighted by molar-refractivity contribution is 5.91. The summed E-state index contributed by atoms with van der Waals surface area (Å²) in [6.45, 7) is 5.92. The molecule has 0 bridgehead atoms. The van der Waals surface area contributed by atoms with Crippen molar-refractivity contribution >= 4 is 5.97 Å². The fourth-order valence-electron chi connectivity index (χ4n) is 4.75. The second-order valence-electron chi connectivity index (χ2n) is 9.72. The Morgan fingerprint density at radius 2 is 1.61 bits per heavy atom. The van der Waals surface area contributed by atoms with Crippen LogP contribution in [0.5, 0.6) is 11.5 Å². The molecule has 0 amide bonds. The number of ether oxygens (including phenoxy) is 2. The van der Waals surface area contributed by atoms with Gasteiger partial charge in [0.15, 0.2) is 23.2 Å². The first-order valence-electron chi connectivity index (χ1n) is 12.8. The van der Waals surface area contributed by atoms with E-state index in [1.165, 1.54) is 30.3 Å². The first-order valence-corrected chi connectivity index (χ1v) is 12.8. The van der Waals surface area contributed by atoms with Gasteiger partial charge in [0.25, 0.3) is 0 Å². The van der Waals surface area contributed by atoms with Gasteiger partial charge in [-0.25, -0.2) is 18.0 Å². The molecule has 0 spiro atoms. The van der Waals surface area contributed by atoms with Crippen LogP contribution < -0.4 is 9.47 Å². The van der Waals surface area contributed by atoms with Gasteiger partial charge in [0.2, 0.25) is 5.82 Å². The fraction of sp³-hybridized carbons (Fsp3) is 0.323. The van der Waals surface area contributed by atoms with E-state index in [2.05, 4.69) is 13.5 Å². The molecule has 0 N–H and O–H groups in total. The molecule has 1 fully saturated rings. The number of carbonyl (C=O) groups excluding carboxylic acids is 1. The number of hydrogen-bond donors (Lipinski definition) is 0. The number of carbonyl (C=O) groups is 1. The molecule has 3 aromatic carbocycles. The Kier molecular flexibility index (Phi) is 8.87. The van der Waals surface area contributed by atoms with Crippen LogP contribution in [-0.4, -0.2) is 12.6 Å². The molecular weight excluding hydrogens is 496 g/mol. The lowest BCUT2D eigenvalue weighted by atomic mass is 9.79.